The smallest absolute Gasteiger partial charge is 0.224 e. The van der Waals surface area contributed by atoms with Crippen molar-refractivity contribution in [1.82, 2.24) is 14.7 Å². The molecule has 1 aromatic heterocycles. The molecule has 82 valence electrons. The van der Waals surface area contributed by atoms with E-state index in [1.54, 1.807) is 22.8 Å². The van der Waals surface area contributed by atoms with Crippen LogP contribution in [0.5, 0.6) is 0 Å². The van der Waals surface area contributed by atoms with E-state index in [0.29, 0.717) is 6.42 Å². The molecule has 0 aromatic carbocycles. The number of amides is 1. The van der Waals surface area contributed by atoms with Gasteiger partial charge in [-0.1, -0.05) is 0 Å². The largest absolute Gasteiger partial charge is 0.337 e. The number of aryl methyl sites for hydroxylation is 1. The highest BCUT2D eigenvalue weighted by Crippen LogP contribution is 2.31. The third-order valence-electron chi connectivity index (χ3n) is 3.22. The molecular weight excluding hydrogens is 192 g/mol. The molecule has 1 aliphatic rings. The van der Waals surface area contributed by atoms with Crippen molar-refractivity contribution in [1.29, 1.82) is 0 Å². The van der Waals surface area contributed by atoms with Crippen molar-refractivity contribution in [3.63, 3.8) is 0 Å². The van der Waals surface area contributed by atoms with Gasteiger partial charge in [0.2, 0.25) is 5.91 Å². The molecule has 0 aliphatic carbocycles. The van der Waals surface area contributed by atoms with Crippen molar-refractivity contribution in [2.45, 2.75) is 25.4 Å². The summed E-state index contributed by atoms with van der Waals surface area (Å²) in [5.74, 6) is 0.107. The normalized spacial score (nSPS) is 26.4. The zero-order chi connectivity index (χ0) is 11.2. The SMILES string of the molecule is Cc1c([C@H]2[C@@H](N)CC(=O)N2C)cnn1C. The number of carbonyl (C=O) groups excluding carboxylic acids is 1. The van der Waals surface area contributed by atoms with Gasteiger partial charge in [0, 0.05) is 37.8 Å². The topological polar surface area (TPSA) is 64.2 Å². The molecule has 0 unspecified atom stereocenters. The maximum absolute atomic E-state index is 11.5. The number of rotatable bonds is 1. The first kappa shape index (κ1) is 10.2. The molecule has 1 saturated heterocycles. The molecule has 0 spiro atoms. The van der Waals surface area contributed by atoms with Crippen LogP contribution in [0.2, 0.25) is 0 Å². The molecule has 1 aromatic rings. The van der Waals surface area contributed by atoms with Crippen LogP contribution in [0.25, 0.3) is 0 Å². The van der Waals surface area contributed by atoms with Crippen LogP contribution in [0.1, 0.15) is 23.7 Å². The Labute approximate surface area is 88.8 Å². The standard InChI is InChI=1S/C10H16N4O/c1-6-7(5-12-14(6)3)10-8(11)4-9(15)13(10)2/h5,8,10H,4,11H2,1-3H3/t8-,10-/m0/s1. The Morgan fingerprint density at radius 2 is 2.20 bits per heavy atom. The first-order valence-corrected chi connectivity index (χ1v) is 5.02. The minimum absolute atomic E-state index is 0.0220. The van der Waals surface area contributed by atoms with Gasteiger partial charge in [-0.05, 0) is 6.92 Å². The molecule has 1 aliphatic heterocycles. The highest BCUT2D eigenvalue weighted by molar-refractivity contribution is 5.80. The van der Waals surface area contributed by atoms with Gasteiger partial charge in [-0.15, -0.1) is 0 Å². The third-order valence-corrected chi connectivity index (χ3v) is 3.22. The average molecular weight is 208 g/mol. The van der Waals surface area contributed by atoms with E-state index in [9.17, 15) is 4.79 Å². The van der Waals surface area contributed by atoms with Gasteiger partial charge in [-0.2, -0.15) is 5.10 Å². The van der Waals surface area contributed by atoms with Crippen molar-refractivity contribution in [2.75, 3.05) is 7.05 Å². The van der Waals surface area contributed by atoms with Gasteiger partial charge in [0.25, 0.3) is 0 Å². The summed E-state index contributed by atoms with van der Waals surface area (Å²) in [5, 5.41) is 4.18. The van der Waals surface area contributed by atoms with Gasteiger partial charge in [0.05, 0.1) is 12.2 Å². The Hall–Kier alpha value is -1.36. The van der Waals surface area contributed by atoms with E-state index < -0.39 is 0 Å². The number of nitrogens with two attached hydrogens (primary N) is 1. The van der Waals surface area contributed by atoms with Gasteiger partial charge in [0.1, 0.15) is 0 Å². The summed E-state index contributed by atoms with van der Waals surface area (Å²) < 4.78 is 1.80. The van der Waals surface area contributed by atoms with E-state index in [1.807, 2.05) is 14.0 Å². The molecule has 1 amide bonds. The average Bonchev–Trinajstić information content (AvgIpc) is 2.60. The second-order valence-corrected chi connectivity index (χ2v) is 4.13. The van der Waals surface area contributed by atoms with E-state index >= 15 is 0 Å². The monoisotopic (exact) mass is 208 g/mol. The lowest BCUT2D eigenvalue weighted by atomic mass is 10.0. The molecule has 5 nitrogen and oxygen atoms in total. The first-order chi connectivity index (χ1) is 7.02. The second-order valence-electron chi connectivity index (χ2n) is 4.13. The minimum atomic E-state index is -0.120. The summed E-state index contributed by atoms with van der Waals surface area (Å²) in [6.45, 7) is 1.99. The van der Waals surface area contributed by atoms with E-state index in [1.165, 1.54) is 0 Å². The molecule has 0 radical (unpaired) electrons. The Kier molecular flexibility index (Phi) is 2.26. The highest BCUT2D eigenvalue weighted by Gasteiger charge is 2.37. The van der Waals surface area contributed by atoms with Crippen LogP contribution in [-0.2, 0) is 11.8 Å². The van der Waals surface area contributed by atoms with Crippen molar-refractivity contribution in [3.05, 3.63) is 17.5 Å². The van der Waals surface area contributed by atoms with E-state index in [2.05, 4.69) is 5.10 Å². The molecule has 2 rings (SSSR count). The lowest BCUT2D eigenvalue weighted by Crippen LogP contribution is -2.30. The summed E-state index contributed by atoms with van der Waals surface area (Å²) in [7, 11) is 3.69. The van der Waals surface area contributed by atoms with Crippen LogP contribution < -0.4 is 5.73 Å². The van der Waals surface area contributed by atoms with Crippen LogP contribution in [0.15, 0.2) is 6.20 Å². The molecule has 1 fully saturated rings. The van der Waals surface area contributed by atoms with E-state index in [-0.39, 0.29) is 18.0 Å². The minimum Gasteiger partial charge on any atom is -0.337 e. The maximum atomic E-state index is 11.5. The van der Waals surface area contributed by atoms with Crippen LogP contribution in [0.3, 0.4) is 0 Å². The Morgan fingerprint density at radius 1 is 1.53 bits per heavy atom. The molecule has 2 heterocycles. The Balaban J connectivity index is 2.39. The van der Waals surface area contributed by atoms with Crippen molar-refractivity contribution < 1.29 is 4.79 Å². The lowest BCUT2D eigenvalue weighted by molar-refractivity contribution is -0.127. The van der Waals surface area contributed by atoms with Gasteiger partial charge in [-0.3, -0.25) is 9.48 Å². The predicted octanol–water partition coefficient (Wildman–Crippen LogP) is -0.0410. The summed E-state index contributed by atoms with van der Waals surface area (Å²) in [6, 6.07) is -0.142. The number of nitrogens with zero attached hydrogens (tertiary/aromatic N) is 3. The van der Waals surface area contributed by atoms with Crippen LogP contribution in [0, 0.1) is 6.92 Å². The first-order valence-electron chi connectivity index (χ1n) is 5.02. The fraction of sp³-hybridized carbons (Fsp3) is 0.600. The van der Waals surface area contributed by atoms with Crippen molar-refractivity contribution in [3.8, 4) is 0 Å². The second kappa shape index (κ2) is 3.34. The molecule has 2 atom stereocenters. The van der Waals surface area contributed by atoms with E-state index in [0.717, 1.165) is 11.3 Å². The highest BCUT2D eigenvalue weighted by atomic mass is 16.2. The fourth-order valence-corrected chi connectivity index (χ4v) is 2.14. The van der Waals surface area contributed by atoms with Crippen LogP contribution in [0.4, 0.5) is 0 Å². The maximum Gasteiger partial charge on any atom is 0.224 e. The zero-order valence-electron chi connectivity index (χ0n) is 9.27. The molecule has 2 N–H and O–H groups in total. The Bertz CT molecular complexity index is 398. The number of aromatic nitrogens is 2. The van der Waals surface area contributed by atoms with Gasteiger partial charge >= 0.3 is 0 Å². The van der Waals surface area contributed by atoms with E-state index in [4.69, 9.17) is 5.73 Å². The third kappa shape index (κ3) is 1.43. The molecule has 0 saturated carbocycles. The number of hydrogen-bond donors (Lipinski definition) is 1. The summed E-state index contributed by atoms with van der Waals surface area (Å²) in [4.78, 5) is 13.2. The summed E-state index contributed by atoms with van der Waals surface area (Å²) in [5.41, 5.74) is 8.09. The summed E-state index contributed by atoms with van der Waals surface area (Å²) in [6.07, 6.45) is 2.23. The van der Waals surface area contributed by atoms with Gasteiger partial charge in [0.15, 0.2) is 0 Å². The molecule has 0 bridgehead atoms. The number of hydrogen-bond acceptors (Lipinski definition) is 3. The van der Waals surface area contributed by atoms with Gasteiger partial charge in [-0.25, -0.2) is 0 Å². The number of carbonyl (C=O) groups is 1. The summed E-state index contributed by atoms with van der Waals surface area (Å²) >= 11 is 0. The number of likely N-dealkylation sites (tertiary alicyclic amines) is 1. The van der Waals surface area contributed by atoms with Crippen LogP contribution in [-0.4, -0.2) is 33.7 Å². The molecular formula is C10H16N4O. The molecule has 15 heavy (non-hydrogen) atoms. The Morgan fingerprint density at radius 3 is 2.60 bits per heavy atom. The predicted molar refractivity (Wildman–Crippen MR) is 56.0 cm³/mol. The van der Waals surface area contributed by atoms with Crippen molar-refractivity contribution >= 4 is 5.91 Å². The van der Waals surface area contributed by atoms with Crippen molar-refractivity contribution in [2.24, 2.45) is 12.8 Å². The fourth-order valence-electron chi connectivity index (χ4n) is 2.14. The lowest BCUT2D eigenvalue weighted by Gasteiger charge is -2.22. The number of likely N-dealkylation sites (N-methyl/N-ethyl adjacent to an activating group) is 1. The zero-order valence-corrected chi connectivity index (χ0v) is 9.27. The molecule has 5 heteroatoms. The van der Waals surface area contributed by atoms with Gasteiger partial charge < -0.3 is 10.6 Å². The van der Waals surface area contributed by atoms with Crippen LogP contribution >= 0.6 is 0 Å². The quantitative estimate of drug-likeness (QED) is 0.704.